The lowest BCUT2D eigenvalue weighted by Gasteiger charge is -2.19. The monoisotopic (exact) mass is 416 g/mol. The smallest absolute Gasteiger partial charge is 0.331 e. The molecule has 2 rings (SSSR count). The summed E-state index contributed by atoms with van der Waals surface area (Å²) in [4.78, 5) is 17.0. The number of carbonyl (C=O) groups is 1. The molecular formula is C22H28N2O4S. The summed E-state index contributed by atoms with van der Waals surface area (Å²) < 4.78 is 33.2. The van der Waals surface area contributed by atoms with Gasteiger partial charge in [0.15, 0.2) is 6.04 Å². The predicted octanol–water partition coefficient (Wildman–Crippen LogP) is 3.50. The summed E-state index contributed by atoms with van der Waals surface area (Å²) in [6.45, 7) is 5.69. The van der Waals surface area contributed by atoms with Crippen LogP contribution in [-0.2, 0) is 26.0 Å². The summed E-state index contributed by atoms with van der Waals surface area (Å²) in [5, 5.41) is 0. The molecule has 0 aromatic heterocycles. The van der Waals surface area contributed by atoms with Crippen molar-refractivity contribution in [3.8, 4) is 0 Å². The van der Waals surface area contributed by atoms with Crippen molar-refractivity contribution in [2.24, 2.45) is 10.9 Å². The number of rotatable bonds is 8. The molecule has 156 valence electrons. The molecule has 0 fully saturated rings. The number of methoxy groups -OCH3 is 1. The van der Waals surface area contributed by atoms with Crippen molar-refractivity contribution in [1.29, 1.82) is 0 Å². The van der Waals surface area contributed by atoms with Crippen LogP contribution in [0.5, 0.6) is 0 Å². The van der Waals surface area contributed by atoms with E-state index in [4.69, 9.17) is 4.74 Å². The summed E-state index contributed by atoms with van der Waals surface area (Å²) in [5.74, 6) is -0.443. The fourth-order valence-corrected chi connectivity index (χ4v) is 3.83. The van der Waals surface area contributed by atoms with Crippen LogP contribution < -0.4 is 4.72 Å². The average Bonchev–Trinajstić information content (AvgIpc) is 2.72. The minimum absolute atomic E-state index is 0.150. The second kappa shape index (κ2) is 10.2. The van der Waals surface area contributed by atoms with Crippen LogP contribution in [0.15, 0.2) is 64.5 Å². The number of benzene rings is 2. The zero-order chi connectivity index (χ0) is 21.4. The maximum atomic E-state index is 12.8. The predicted molar refractivity (Wildman–Crippen MR) is 114 cm³/mol. The molecule has 2 aromatic carbocycles. The van der Waals surface area contributed by atoms with Gasteiger partial charge < -0.3 is 4.74 Å². The first-order chi connectivity index (χ1) is 13.8. The maximum absolute atomic E-state index is 12.8. The Morgan fingerprint density at radius 1 is 1.10 bits per heavy atom. The van der Waals surface area contributed by atoms with Crippen molar-refractivity contribution in [1.82, 2.24) is 4.72 Å². The first-order valence-corrected chi connectivity index (χ1v) is 11.0. The number of sulfonamides is 1. The normalized spacial score (nSPS) is 14.1. The number of ether oxygens (including phenoxy) is 1. The Morgan fingerprint density at radius 3 is 2.28 bits per heavy atom. The summed E-state index contributed by atoms with van der Waals surface area (Å²) in [6, 6.07) is 15.2. The summed E-state index contributed by atoms with van der Waals surface area (Å²) >= 11 is 0. The largest absolute Gasteiger partial charge is 0.467 e. The molecule has 29 heavy (non-hydrogen) atoms. The minimum Gasteiger partial charge on any atom is -0.467 e. The highest BCUT2D eigenvalue weighted by Gasteiger charge is 2.24. The zero-order valence-corrected chi connectivity index (χ0v) is 18.1. The molecule has 1 N–H and O–H groups in total. The molecule has 0 aliphatic carbocycles. The minimum atomic E-state index is -3.82. The number of esters is 1. The Kier molecular flexibility index (Phi) is 7.96. The lowest BCUT2D eigenvalue weighted by Crippen LogP contribution is -2.37. The van der Waals surface area contributed by atoms with Crippen LogP contribution >= 0.6 is 0 Å². The van der Waals surface area contributed by atoms with E-state index in [1.54, 1.807) is 24.3 Å². The van der Waals surface area contributed by atoms with Crippen molar-refractivity contribution < 1.29 is 17.9 Å². The van der Waals surface area contributed by atoms with E-state index in [0.717, 1.165) is 11.1 Å². The van der Waals surface area contributed by atoms with Gasteiger partial charge in [0, 0.05) is 12.3 Å². The third-order valence-corrected chi connectivity index (χ3v) is 6.06. The first kappa shape index (κ1) is 22.6. The highest BCUT2D eigenvalue weighted by molar-refractivity contribution is 7.90. The van der Waals surface area contributed by atoms with Gasteiger partial charge in [0.2, 0.25) is 0 Å². The van der Waals surface area contributed by atoms with Crippen LogP contribution in [0, 0.1) is 12.8 Å². The molecule has 0 aliphatic rings. The molecule has 0 saturated heterocycles. The zero-order valence-electron chi connectivity index (χ0n) is 17.3. The Morgan fingerprint density at radius 2 is 1.72 bits per heavy atom. The van der Waals surface area contributed by atoms with Gasteiger partial charge in [0.25, 0.3) is 10.0 Å². The second-order valence-corrected chi connectivity index (χ2v) is 8.65. The van der Waals surface area contributed by atoms with Crippen LogP contribution in [0.2, 0.25) is 0 Å². The second-order valence-electron chi connectivity index (χ2n) is 6.97. The first-order valence-electron chi connectivity index (χ1n) is 9.55. The van der Waals surface area contributed by atoms with Crippen LogP contribution in [-0.4, -0.2) is 33.4 Å². The summed E-state index contributed by atoms with van der Waals surface area (Å²) in [5.41, 5.74) is 1.88. The number of hydrogen-bond donors (Lipinski definition) is 1. The maximum Gasteiger partial charge on any atom is 0.331 e. The molecular weight excluding hydrogens is 388 g/mol. The molecule has 0 aliphatic heterocycles. The Bertz CT molecular complexity index is 939. The Labute approximate surface area is 173 Å². The van der Waals surface area contributed by atoms with Gasteiger partial charge in [0.05, 0.1) is 12.0 Å². The third-order valence-electron chi connectivity index (χ3n) is 4.69. The molecule has 0 radical (unpaired) electrons. The number of nitrogens with one attached hydrogen (secondary N) is 1. The van der Waals surface area contributed by atoms with E-state index >= 15 is 0 Å². The molecule has 0 heterocycles. The molecule has 0 amide bonds. The fraction of sp³-hybridized carbons (Fsp3) is 0.364. The van der Waals surface area contributed by atoms with Crippen molar-refractivity contribution >= 4 is 21.8 Å². The van der Waals surface area contributed by atoms with Crippen LogP contribution in [0.25, 0.3) is 0 Å². The van der Waals surface area contributed by atoms with Crippen LogP contribution in [0.3, 0.4) is 0 Å². The molecule has 0 unspecified atom stereocenters. The van der Waals surface area contributed by atoms with E-state index in [2.05, 4.69) is 9.71 Å². The third kappa shape index (κ3) is 6.42. The molecule has 6 nitrogen and oxygen atoms in total. The molecule has 0 spiro atoms. The number of amidine groups is 1. The highest BCUT2D eigenvalue weighted by Crippen LogP contribution is 2.15. The van der Waals surface area contributed by atoms with E-state index < -0.39 is 22.0 Å². The van der Waals surface area contributed by atoms with Crippen LogP contribution in [0.4, 0.5) is 0 Å². The van der Waals surface area contributed by atoms with Gasteiger partial charge in [-0.05, 0) is 31.0 Å². The Hall–Kier alpha value is -2.67. The van der Waals surface area contributed by atoms with Crippen LogP contribution in [0.1, 0.15) is 31.4 Å². The number of aliphatic imine (C=N–C) groups is 1. The standard InChI is InChI=1S/C22H28N2O4S/c1-5-17(3)21(24-29(26,27)19-13-11-16(2)12-14-19)23-20(22(25)28-4)15-18-9-7-6-8-10-18/h6-14,17,20H,5,15H2,1-4H3,(H,23,24)/t17-,20-/m0/s1. The van der Waals surface area contributed by atoms with E-state index in [1.165, 1.54) is 7.11 Å². The lowest BCUT2D eigenvalue weighted by atomic mass is 10.1. The van der Waals surface area contributed by atoms with Gasteiger partial charge in [-0.2, -0.15) is 0 Å². The number of hydrogen-bond acceptors (Lipinski definition) is 5. The van der Waals surface area contributed by atoms with Gasteiger partial charge in [-0.3, -0.25) is 9.71 Å². The lowest BCUT2D eigenvalue weighted by molar-refractivity contribution is -0.142. The molecule has 2 atom stereocenters. The van der Waals surface area contributed by atoms with E-state index in [1.807, 2.05) is 51.1 Å². The average molecular weight is 417 g/mol. The van der Waals surface area contributed by atoms with Gasteiger partial charge in [-0.1, -0.05) is 61.9 Å². The number of nitrogens with zero attached hydrogens (tertiary/aromatic N) is 1. The molecule has 0 saturated carbocycles. The van der Waals surface area contributed by atoms with Crippen molar-refractivity contribution in [3.05, 3.63) is 65.7 Å². The van der Waals surface area contributed by atoms with Gasteiger partial charge in [0.1, 0.15) is 5.84 Å². The van der Waals surface area contributed by atoms with Gasteiger partial charge >= 0.3 is 5.97 Å². The summed E-state index contributed by atoms with van der Waals surface area (Å²) in [6.07, 6.45) is 0.980. The van der Waals surface area contributed by atoms with Crippen molar-refractivity contribution in [3.63, 3.8) is 0 Å². The molecule has 2 aromatic rings. The molecule has 0 bridgehead atoms. The van der Waals surface area contributed by atoms with E-state index in [-0.39, 0.29) is 16.6 Å². The summed E-state index contributed by atoms with van der Waals surface area (Å²) in [7, 11) is -2.51. The van der Waals surface area contributed by atoms with Gasteiger partial charge in [-0.15, -0.1) is 0 Å². The highest BCUT2D eigenvalue weighted by atomic mass is 32.2. The van der Waals surface area contributed by atoms with E-state index in [9.17, 15) is 13.2 Å². The number of carbonyl (C=O) groups excluding carboxylic acids is 1. The van der Waals surface area contributed by atoms with Crippen molar-refractivity contribution in [2.45, 2.75) is 44.6 Å². The number of aryl methyl sites for hydroxylation is 1. The fourth-order valence-electron chi connectivity index (χ4n) is 2.68. The Balaban J connectivity index is 2.38. The quantitative estimate of drug-likeness (QED) is 0.405. The van der Waals surface area contributed by atoms with E-state index in [0.29, 0.717) is 12.8 Å². The SMILES string of the molecule is CC[C@H](C)C(=N[C@@H](Cc1ccccc1)C(=O)OC)NS(=O)(=O)c1ccc(C)cc1. The van der Waals surface area contributed by atoms with Crippen molar-refractivity contribution in [2.75, 3.05) is 7.11 Å². The topological polar surface area (TPSA) is 84.8 Å². The molecule has 7 heteroatoms. The van der Waals surface area contributed by atoms with Gasteiger partial charge in [-0.25, -0.2) is 13.2 Å².